The number of carbonyl (C=O) groups is 1. The molecular formula is C27H30BrNO2. The van der Waals surface area contributed by atoms with Crippen molar-refractivity contribution < 1.29 is 9.53 Å². The fraction of sp³-hybridized carbons (Fsp3) is 0.444. The van der Waals surface area contributed by atoms with Gasteiger partial charge in [0.25, 0.3) is 0 Å². The zero-order chi connectivity index (χ0) is 22.1. The Morgan fingerprint density at radius 1 is 1.19 bits per heavy atom. The second-order valence-electron chi connectivity index (χ2n) is 10.1. The van der Waals surface area contributed by atoms with Crippen LogP contribution in [-0.4, -0.2) is 18.1 Å². The van der Waals surface area contributed by atoms with Crippen molar-refractivity contribution in [2.24, 2.45) is 5.41 Å². The molecule has 3 aromatic rings. The molecule has 0 bridgehead atoms. The van der Waals surface area contributed by atoms with Gasteiger partial charge in [-0.3, -0.25) is 4.79 Å². The van der Waals surface area contributed by atoms with Gasteiger partial charge in [0.05, 0.1) is 18.2 Å². The van der Waals surface area contributed by atoms with E-state index in [1.54, 1.807) is 0 Å². The Morgan fingerprint density at radius 2 is 1.94 bits per heavy atom. The molecule has 3 nitrogen and oxygen atoms in total. The van der Waals surface area contributed by atoms with Crippen molar-refractivity contribution in [2.75, 3.05) is 7.11 Å². The molecule has 0 spiro atoms. The molecule has 1 heterocycles. The van der Waals surface area contributed by atoms with Gasteiger partial charge in [0.1, 0.15) is 0 Å². The molecule has 0 amide bonds. The number of benzene rings is 2. The number of aromatic amines is 1. The third-order valence-corrected chi connectivity index (χ3v) is 8.68. The molecule has 3 atom stereocenters. The summed E-state index contributed by atoms with van der Waals surface area (Å²) in [4.78, 5) is 17.0. The molecule has 1 fully saturated rings. The summed E-state index contributed by atoms with van der Waals surface area (Å²) in [6.07, 6.45) is 2.92. The number of fused-ring (bicyclic) bond motifs is 8. The van der Waals surface area contributed by atoms with Crippen molar-refractivity contribution in [3.05, 3.63) is 57.6 Å². The lowest BCUT2D eigenvalue weighted by atomic mass is 9.49. The molecule has 162 valence electrons. The summed E-state index contributed by atoms with van der Waals surface area (Å²) in [7, 11) is 1.53. The summed E-state index contributed by atoms with van der Waals surface area (Å²) < 4.78 is 6.55. The number of esters is 1. The van der Waals surface area contributed by atoms with Crippen molar-refractivity contribution in [2.45, 2.75) is 64.2 Å². The third kappa shape index (κ3) is 2.73. The highest BCUT2D eigenvalue weighted by molar-refractivity contribution is 9.10. The van der Waals surface area contributed by atoms with Crippen LogP contribution < -0.4 is 0 Å². The number of H-pyrrole nitrogens is 1. The zero-order valence-electron chi connectivity index (χ0n) is 18.9. The minimum Gasteiger partial charge on any atom is -0.469 e. The average molecular weight is 480 g/mol. The standard InChI is InChI=1S/C27H30BrNO2/c1-15(2)17-13-18-19(14-20(17)28)26(3)11-8-12-27(4,25(30)31-5)24(26)22-16-9-6-7-10-21(16)29-23(18)22/h6-7,9-10,13-15,24,29H,8,11-12H2,1-5H3/t24-,26-,27-/m1/s1. The fourth-order valence-electron chi connectivity index (χ4n) is 6.58. The van der Waals surface area contributed by atoms with Crippen molar-refractivity contribution in [3.63, 3.8) is 0 Å². The van der Waals surface area contributed by atoms with Crippen LogP contribution in [0.15, 0.2) is 40.9 Å². The van der Waals surface area contributed by atoms with Crippen LogP contribution in [0.25, 0.3) is 22.2 Å². The second kappa shape index (κ2) is 6.96. The van der Waals surface area contributed by atoms with Crippen molar-refractivity contribution in [1.82, 2.24) is 4.98 Å². The van der Waals surface area contributed by atoms with E-state index < -0.39 is 5.41 Å². The lowest BCUT2D eigenvalue weighted by Gasteiger charge is -2.54. The zero-order valence-corrected chi connectivity index (χ0v) is 20.5. The predicted molar refractivity (Wildman–Crippen MR) is 130 cm³/mol. The molecule has 2 aliphatic rings. The molecular weight excluding hydrogens is 450 g/mol. The summed E-state index contributed by atoms with van der Waals surface area (Å²) in [5.74, 6) is 0.377. The number of methoxy groups -OCH3 is 1. The number of rotatable bonds is 2. The molecule has 1 N–H and O–H groups in total. The van der Waals surface area contributed by atoms with Crippen LogP contribution in [0.4, 0.5) is 0 Å². The maximum Gasteiger partial charge on any atom is 0.312 e. The van der Waals surface area contributed by atoms with E-state index in [9.17, 15) is 4.79 Å². The summed E-state index contributed by atoms with van der Waals surface area (Å²) in [5, 5.41) is 1.23. The van der Waals surface area contributed by atoms with Gasteiger partial charge < -0.3 is 9.72 Å². The van der Waals surface area contributed by atoms with Gasteiger partial charge >= 0.3 is 5.97 Å². The van der Waals surface area contributed by atoms with Gasteiger partial charge in [-0.25, -0.2) is 0 Å². The van der Waals surface area contributed by atoms with Gasteiger partial charge in [-0.15, -0.1) is 0 Å². The van der Waals surface area contributed by atoms with Crippen molar-refractivity contribution in [1.29, 1.82) is 0 Å². The first-order chi connectivity index (χ1) is 14.7. The first-order valence-electron chi connectivity index (χ1n) is 11.3. The summed E-state index contributed by atoms with van der Waals surface area (Å²) in [5.41, 5.74) is 6.81. The second-order valence-corrected chi connectivity index (χ2v) is 11.0. The molecule has 0 unspecified atom stereocenters. The maximum atomic E-state index is 13.2. The van der Waals surface area contributed by atoms with E-state index in [2.05, 4.69) is 85.0 Å². The predicted octanol–water partition coefficient (Wildman–Crippen LogP) is 7.44. The van der Waals surface area contributed by atoms with Crippen LogP contribution in [0.5, 0.6) is 0 Å². The molecule has 1 saturated carbocycles. The van der Waals surface area contributed by atoms with Crippen LogP contribution in [0.1, 0.15) is 75.5 Å². The van der Waals surface area contributed by atoms with Gasteiger partial charge in [0, 0.05) is 32.3 Å². The average Bonchev–Trinajstić information content (AvgIpc) is 3.12. The number of para-hydroxylation sites is 1. The number of hydrogen-bond donors (Lipinski definition) is 1. The molecule has 1 aromatic heterocycles. The van der Waals surface area contributed by atoms with E-state index in [0.717, 1.165) is 29.3 Å². The van der Waals surface area contributed by atoms with Crippen molar-refractivity contribution >= 4 is 32.8 Å². The Bertz CT molecular complexity index is 1210. The lowest BCUT2D eigenvalue weighted by Crippen LogP contribution is -2.50. The number of carbonyl (C=O) groups excluding carboxylic acids is 1. The summed E-state index contributed by atoms with van der Waals surface area (Å²) in [6, 6.07) is 13.2. The van der Waals surface area contributed by atoms with E-state index in [1.165, 1.54) is 40.4 Å². The van der Waals surface area contributed by atoms with E-state index in [1.807, 2.05) is 0 Å². The molecule has 5 rings (SSSR count). The SMILES string of the molecule is COC(=O)[C@]1(C)CCC[C@]2(C)c3cc(Br)c(C(C)C)cc3-c3[nH]c4ccccc4c3[C@@H]12. The number of aromatic nitrogens is 1. The van der Waals surface area contributed by atoms with Gasteiger partial charge in [-0.05, 0) is 60.6 Å². The minimum absolute atomic E-state index is 0.0525. The molecule has 31 heavy (non-hydrogen) atoms. The quantitative estimate of drug-likeness (QED) is 0.388. The van der Waals surface area contributed by atoms with Crippen LogP contribution in [-0.2, 0) is 14.9 Å². The number of nitrogens with one attached hydrogen (secondary N) is 1. The van der Waals surface area contributed by atoms with Crippen LogP contribution in [0.3, 0.4) is 0 Å². The summed E-state index contributed by atoms with van der Waals surface area (Å²) in [6.45, 7) is 8.96. The highest BCUT2D eigenvalue weighted by Gasteiger charge is 2.58. The maximum absolute atomic E-state index is 13.2. The van der Waals surface area contributed by atoms with E-state index in [-0.39, 0.29) is 17.3 Å². The Labute approximate surface area is 192 Å². The van der Waals surface area contributed by atoms with Gasteiger partial charge in [-0.2, -0.15) is 0 Å². The van der Waals surface area contributed by atoms with Crippen molar-refractivity contribution in [3.8, 4) is 11.3 Å². The normalized spacial score (nSPS) is 27.0. The van der Waals surface area contributed by atoms with Gasteiger partial charge in [-0.1, -0.05) is 61.3 Å². The monoisotopic (exact) mass is 479 g/mol. The molecule has 4 heteroatoms. The highest BCUT2D eigenvalue weighted by Crippen LogP contribution is 2.64. The van der Waals surface area contributed by atoms with E-state index in [0.29, 0.717) is 5.92 Å². The highest BCUT2D eigenvalue weighted by atomic mass is 79.9. The lowest BCUT2D eigenvalue weighted by molar-refractivity contribution is -0.157. The first kappa shape index (κ1) is 20.8. The minimum atomic E-state index is -0.567. The van der Waals surface area contributed by atoms with Crippen LogP contribution >= 0.6 is 15.9 Å². The molecule has 0 saturated heterocycles. The number of ether oxygens (including phenoxy) is 1. The molecule has 2 aromatic carbocycles. The summed E-state index contributed by atoms with van der Waals surface area (Å²) >= 11 is 3.86. The fourth-order valence-corrected chi connectivity index (χ4v) is 7.38. The largest absolute Gasteiger partial charge is 0.469 e. The third-order valence-electron chi connectivity index (χ3n) is 8.00. The topological polar surface area (TPSA) is 42.1 Å². The van der Waals surface area contributed by atoms with Gasteiger partial charge in [0.2, 0.25) is 0 Å². The van der Waals surface area contributed by atoms with Crippen LogP contribution in [0.2, 0.25) is 0 Å². The number of hydrogen-bond acceptors (Lipinski definition) is 2. The van der Waals surface area contributed by atoms with Gasteiger partial charge in [0.15, 0.2) is 0 Å². The Morgan fingerprint density at radius 3 is 2.65 bits per heavy atom. The Balaban J connectivity index is 1.91. The smallest absolute Gasteiger partial charge is 0.312 e. The van der Waals surface area contributed by atoms with E-state index in [4.69, 9.17) is 4.74 Å². The Kier molecular flexibility index (Phi) is 4.68. The number of halogens is 1. The molecule has 0 radical (unpaired) electrons. The van der Waals surface area contributed by atoms with E-state index >= 15 is 0 Å². The Hall–Kier alpha value is -2.07. The van der Waals surface area contributed by atoms with Crippen LogP contribution in [0, 0.1) is 5.41 Å². The molecule has 0 aliphatic heterocycles. The molecule has 2 aliphatic carbocycles. The first-order valence-corrected chi connectivity index (χ1v) is 12.0.